The van der Waals surface area contributed by atoms with E-state index in [9.17, 15) is 0 Å². The summed E-state index contributed by atoms with van der Waals surface area (Å²) in [5.74, 6) is 0. The summed E-state index contributed by atoms with van der Waals surface area (Å²) in [4.78, 5) is 0. The summed E-state index contributed by atoms with van der Waals surface area (Å²) in [5.41, 5.74) is 9.20. The van der Waals surface area contributed by atoms with Gasteiger partial charge in [0.2, 0.25) is 0 Å². The van der Waals surface area contributed by atoms with E-state index in [0.29, 0.717) is 0 Å². The van der Waals surface area contributed by atoms with E-state index >= 15 is 0 Å². The predicted molar refractivity (Wildman–Crippen MR) is 92.3 cm³/mol. The Bertz CT molecular complexity index is 647. The van der Waals surface area contributed by atoms with E-state index < -0.39 is 0 Å². The Morgan fingerprint density at radius 3 is 2.29 bits per heavy atom. The molecule has 0 bridgehead atoms. The molecule has 21 heavy (non-hydrogen) atoms. The van der Waals surface area contributed by atoms with E-state index in [-0.39, 0.29) is 0 Å². The van der Waals surface area contributed by atoms with Crippen molar-refractivity contribution in [1.29, 1.82) is 0 Å². The van der Waals surface area contributed by atoms with Crippen LogP contribution in [-0.4, -0.2) is 0 Å². The molecule has 0 nitrogen and oxygen atoms in total. The fraction of sp³-hybridized carbons (Fsp3) is 0.333. The topological polar surface area (TPSA) is 0 Å². The molecule has 2 aromatic carbocycles. The molecule has 0 N–H and O–H groups in total. The fourth-order valence-electron chi connectivity index (χ4n) is 3.56. The van der Waals surface area contributed by atoms with Gasteiger partial charge in [0.15, 0.2) is 0 Å². The summed E-state index contributed by atoms with van der Waals surface area (Å²) in [6, 6.07) is 17.8. The van der Waals surface area contributed by atoms with Gasteiger partial charge in [0.05, 0.1) is 0 Å². The molecule has 0 saturated heterocycles. The molecule has 1 aliphatic rings. The Kier molecular flexibility index (Phi) is 4.24. The molecular weight excluding hydrogens is 252 g/mol. The minimum atomic E-state index is 1.10. The highest BCUT2D eigenvalue weighted by Gasteiger charge is 2.23. The monoisotopic (exact) mass is 276 g/mol. The van der Waals surface area contributed by atoms with Crippen LogP contribution in [0.1, 0.15) is 55.4 Å². The average molecular weight is 276 g/mol. The first-order valence-corrected chi connectivity index (χ1v) is 8.23. The van der Waals surface area contributed by atoms with E-state index in [4.69, 9.17) is 0 Å². The minimum absolute atomic E-state index is 1.10. The quantitative estimate of drug-likeness (QED) is 0.637. The molecule has 0 aliphatic heterocycles. The Balaban J connectivity index is 2.13. The molecule has 108 valence electrons. The van der Waals surface area contributed by atoms with E-state index in [0.717, 1.165) is 6.42 Å². The molecule has 0 spiro atoms. The number of hydrogen-bond acceptors (Lipinski definition) is 0. The summed E-state index contributed by atoms with van der Waals surface area (Å²) in [6.07, 6.45) is 5.92. The second kappa shape index (κ2) is 6.30. The van der Waals surface area contributed by atoms with Crippen molar-refractivity contribution in [2.45, 2.75) is 46.0 Å². The maximum absolute atomic E-state index is 2.33. The summed E-state index contributed by atoms with van der Waals surface area (Å²) < 4.78 is 0. The highest BCUT2D eigenvalue weighted by atomic mass is 14.3. The fourth-order valence-corrected chi connectivity index (χ4v) is 3.56. The van der Waals surface area contributed by atoms with Gasteiger partial charge in [-0.1, -0.05) is 75.2 Å². The number of allylic oxidation sites excluding steroid dienone is 2. The zero-order valence-corrected chi connectivity index (χ0v) is 13.2. The lowest BCUT2D eigenvalue weighted by atomic mass is 9.92. The zero-order valence-electron chi connectivity index (χ0n) is 13.2. The molecule has 0 heterocycles. The molecular formula is C21H24. The van der Waals surface area contributed by atoms with Crippen LogP contribution < -0.4 is 0 Å². The molecule has 0 unspecified atom stereocenters. The van der Waals surface area contributed by atoms with Crippen molar-refractivity contribution in [1.82, 2.24) is 0 Å². The Labute approximate surface area is 128 Å². The first-order chi connectivity index (χ1) is 10.3. The number of benzene rings is 2. The van der Waals surface area contributed by atoms with Crippen LogP contribution >= 0.6 is 0 Å². The van der Waals surface area contributed by atoms with Crippen molar-refractivity contribution in [3.63, 3.8) is 0 Å². The van der Waals surface area contributed by atoms with Crippen molar-refractivity contribution in [2.75, 3.05) is 0 Å². The second-order valence-electron chi connectivity index (χ2n) is 5.95. The summed E-state index contributed by atoms with van der Waals surface area (Å²) >= 11 is 0. The van der Waals surface area contributed by atoms with Crippen molar-refractivity contribution in [3.05, 3.63) is 70.8 Å². The van der Waals surface area contributed by atoms with E-state index in [2.05, 4.69) is 62.4 Å². The summed E-state index contributed by atoms with van der Waals surface area (Å²) in [5, 5.41) is 0. The molecule has 0 fully saturated rings. The Morgan fingerprint density at radius 1 is 0.810 bits per heavy atom. The third-order valence-electron chi connectivity index (χ3n) is 4.41. The van der Waals surface area contributed by atoms with Crippen molar-refractivity contribution < 1.29 is 0 Å². The van der Waals surface area contributed by atoms with Crippen LogP contribution in [0, 0.1) is 0 Å². The summed E-state index contributed by atoms with van der Waals surface area (Å²) in [6.45, 7) is 4.56. The molecule has 2 aromatic rings. The maximum atomic E-state index is 2.33. The van der Waals surface area contributed by atoms with Crippen LogP contribution in [0.25, 0.3) is 11.1 Å². The third-order valence-corrected chi connectivity index (χ3v) is 4.41. The van der Waals surface area contributed by atoms with Crippen LogP contribution in [0.4, 0.5) is 0 Å². The smallest absolute Gasteiger partial charge is 0.00107 e. The van der Waals surface area contributed by atoms with Crippen molar-refractivity contribution in [3.8, 4) is 0 Å². The molecule has 1 aliphatic carbocycles. The van der Waals surface area contributed by atoms with Gasteiger partial charge in [0.25, 0.3) is 0 Å². The van der Waals surface area contributed by atoms with Gasteiger partial charge < -0.3 is 0 Å². The van der Waals surface area contributed by atoms with E-state index in [1.165, 1.54) is 36.8 Å². The van der Waals surface area contributed by atoms with E-state index in [1.54, 1.807) is 22.3 Å². The molecule has 0 radical (unpaired) electrons. The van der Waals surface area contributed by atoms with Gasteiger partial charge >= 0.3 is 0 Å². The van der Waals surface area contributed by atoms with Gasteiger partial charge in [0, 0.05) is 0 Å². The first-order valence-electron chi connectivity index (χ1n) is 8.23. The van der Waals surface area contributed by atoms with Crippen LogP contribution in [-0.2, 0) is 12.8 Å². The van der Waals surface area contributed by atoms with Crippen LogP contribution in [0.15, 0.2) is 48.5 Å². The lowest BCUT2D eigenvalue weighted by Crippen LogP contribution is -1.94. The maximum Gasteiger partial charge on any atom is -0.00107 e. The van der Waals surface area contributed by atoms with Gasteiger partial charge in [-0.15, -0.1) is 0 Å². The van der Waals surface area contributed by atoms with Gasteiger partial charge in [0.1, 0.15) is 0 Å². The average Bonchev–Trinajstić information content (AvgIpc) is 2.89. The molecule has 0 saturated carbocycles. The largest absolute Gasteiger partial charge is 0.0651 e. The first kappa shape index (κ1) is 14.1. The Hall–Kier alpha value is -1.82. The predicted octanol–water partition coefficient (Wildman–Crippen LogP) is 5.91. The second-order valence-corrected chi connectivity index (χ2v) is 5.95. The van der Waals surface area contributed by atoms with Crippen molar-refractivity contribution in [2.24, 2.45) is 0 Å². The standard InChI is InChI=1S/C21H24/c1-3-9-17-13-8-14-18-15-20(16-11-6-5-7-12-16)19(10-4-2)21(17)18/h5-8,11-14H,3-4,9-10,15H2,1-2H3. The lowest BCUT2D eigenvalue weighted by Gasteiger charge is -2.12. The van der Waals surface area contributed by atoms with Gasteiger partial charge in [-0.25, -0.2) is 0 Å². The molecule has 0 heteroatoms. The number of hydrogen-bond donors (Lipinski definition) is 0. The van der Waals surface area contributed by atoms with E-state index in [1.807, 2.05) is 0 Å². The Morgan fingerprint density at radius 2 is 1.57 bits per heavy atom. The molecule has 3 rings (SSSR count). The molecule has 0 amide bonds. The van der Waals surface area contributed by atoms with Gasteiger partial charge in [-0.3, -0.25) is 0 Å². The normalized spacial score (nSPS) is 13.6. The molecule has 0 aromatic heterocycles. The number of aryl methyl sites for hydroxylation is 1. The van der Waals surface area contributed by atoms with Gasteiger partial charge in [-0.2, -0.15) is 0 Å². The zero-order chi connectivity index (χ0) is 14.7. The summed E-state index contributed by atoms with van der Waals surface area (Å²) in [7, 11) is 0. The highest BCUT2D eigenvalue weighted by molar-refractivity contribution is 5.97. The lowest BCUT2D eigenvalue weighted by molar-refractivity contribution is 0.910. The van der Waals surface area contributed by atoms with Crippen LogP contribution in [0.5, 0.6) is 0 Å². The van der Waals surface area contributed by atoms with Crippen LogP contribution in [0.3, 0.4) is 0 Å². The minimum Gasteiger partial charge on any atom is -0.0651 e. The van der Waals surface area contributed by atoms with Crippen LogP contribution in [0.2, 0.25) is 0 Å². The number of rotatable bonds is 5. The number of fused-ring (bicyclic) bond motifs is 1. The van der Waals surface area contributed by atoms with Gasteiger partial charge in [-0.05, 0) is 52.7 Å². The SMILES string of the molecule is CCCC1=C(c2ccccc2)Cc2cccc(CCC)c21. The van der Waals surface area contributed by atoms with Crippen molar-refractivity contribution >= 4 is 11.1 Å². The third kappa shape index (κ3) is 2.68. The highest BCUT2D eigenvalue weighted by Crippen LogP contribution is 2.42. The molecule has 0 atom stereocenters.